The Bertz CT molecular complexity index is 1050. The molecular formula is C19H21N3O5S. The Kier molecular flexibility index (Phi) is 5.28. The van der Waals surface area contributed by atoms with Gasteiger partial charge < -0.3 is 9.84 Å². The van der Waals surface area contributed by atoms with Crippen LogP contribution in [0.15, 0.2) is 47.6 Å². The highest BCUT2D eigenvalue weighted by molar-refractivity contribution is 7.92. The number of para-hydroxylation sites is 2. The van der Waals surface area contributed by atoms with Crippen molar-refractivity contribution in [3.8, 4) is 11.5 Å². The zero-order chi connectivity index (χ0) is 20.5. The number of carbonyl (C=O) groups excluding carboxylic acids is 1. The minimum Gasteiger partial charge on any atom is -0.504 e. The summed E-state index contributed by atoms with van der Waals surface area (Å²) in [6, 6.07) is 11.4. The molecule has 1 aliphatic heterocycles. The molecule has 2 aromatic carbocycles. The first-order chi connectivity index (χ1) is 13.2. The zero-order valence-electron chi connectivity index (χ0n) is 15.7. The van der Waals surface area contributed by atoms with Crippen LogP contribution in [0, 0.1) is 0 Å². The summed E-state index contributed by atoms with van der Waals surface area (Å²) in [5, 5.41) is 16.1. The quantitative estimate of drug-likeness (QED) is 0.797. The highest BCUT2D eigenvalue weighted by Crippen LogP contribution is 2.39. The number of amides is 1. The van der Waals surface area contributed by atoms with Gasteiger partial charge in [-0.25, -0.2) is 13.4 Å². The molecule has 0 aliphatic carbocycles. The number of nitrogens with one attached hydrogen (secondary N) is 1. The van der Waals surface area contributed by atoms with E-state index in [0.717, 1.165) is 6.26 Å². The van der Waals surface area contributed by atoms with Crippen molar-refractivity contribution in [2.75, 3.05) is 18.1 Å². The molecule has 0 unspecified atom stereocenters. The van der Waals surface area contributed by atoms with Gasteiger partial charge in [-0.05, 0) is 18.2 Å². The van der Waals surface area contributed by atoms with Gasteiger partial charge in [-0.15, -0.1) is 0 Å². The number of hydrogen-bond acceptors (Lipinski definition) is 6. The molecule has 1 aliphatic rings. The first-order valence-electron chi connectivity index (χ1n) is 8.51. The maximum atomic E-state index is 12.2. The number of phenols is 1. The van der Waals surface area contributed by atoms with E-state index in [1.807, 2.05) is 0 Å². The van der Waals surface area contributed by atoms with Crippen molar-refractivity contribution in [3.05, 3.63) is 53.6 Å². The van der Waals surface area contributed by atoms with Gasteiger partial charge in [-0.2, -0.15) is 5.10 Å². The number of anilines is 1. The number of benzene rings is 2. The molecule has 148 valence electrons. The van der Waals surface area contributed by atoms with Crippen molar-refractivity contribution >= 4 is 27.3 Å². The van der Waals surface area contributed by atoms with Gasteiger partial charge in [0.05, 0.1) is 30.8 Å². The molecular weight excluding hydrogens is 382 g/mol. The minimum atomic E-state index is -3.50. The molecule has 0 saturated carbocycles. The zero-order valence-corrected chi connectivity index (χ0v) is 16.5. The van der Waals surface area contributed by atoms with E-state index in [-0.39, 0.29) is 11.7 Å². The molecule has 0 aromatic heterocycles. The van der Waals surface area contributed by atoms with Gasteiger partial charge >= 0.3 is 0 Å². The first kappa shape index (κ1) is 19.7. The molecule has 2 aromatic rings. The van der Waals surface area contributed by atoms with Gasteiger partial charge in [0, 0.05) is 24.5 Å². The molecule has 1 heterocycles. The van der Waals surface area contributed by atoms with Crippen molar-refractivity contribution in [2.45, 2.75) is 19.4 Å². The van der Waals surface area contributed by atoms with Gasteiger partial charge in [-0.3, -0.25) is 9.52 Å². The summed E-state index contributed by atoms with van der Waals surface area (Å²) in [4.78, 5) is 12.2. The van der Waals surface area contributed by atoms with Crippen LogP contribution in [0.1, 0.15) is 30.5 Å². The van der Waals surface area contributed by atoms with E-state index in [2.05, 4.69) is 9.82 Å². The second kappa shape index (κ2) is 7.51. The van der Waals surface area contributed by atoms with Gasteiger partial charge in [0.1, 0.15) is 0 Å². The number of phenolic OH excluding ortho intramolecular Hbond substituents is 1. The number of hydrogen-bond donors (Lipinski definition) is 2. The van der Waals surface area contributed by atoms with E-state index in [1.54, 1.807) is 42.5 Å². The van der Waals surface area contributed by atoms with Crippen LogP contribution in [-0.4, -0.2) is 43.5 Å². The Morgan fingerprint density at radius 3 is 2.61 bits per heavy atom. The third-order valence-electron chi connectivity index (χ3n) is 4.38. The Hall–Kier alpha value is -3.07. The third-order valence-corrected chi connectivity index (χ3v) is 4.97. The van der Waals surface area contributed by atoms with E-state index in [4.69, 9.17) is 4.74 Å². The SMILES string of the molecule is COc1cccc(C2=NN(C(C)=O)[C@@H](c3ccccc3NS(C)(=O)=O)C2)c1O. The van der Waals surface area contributed by atoms with Crippen molar-refractivity contribution in [1.29, 1.82) is 0 Å². The topological polar surface area (TPSA) is 108 Å². The van der Waals surface area contributed by atoms with Crippen molar-refractivity contribution < 1.29 is 23.1 Å². The summed E-state index contributed by atoms with van der Waals surface area (Å²) in [6.45, 7) is 1.39. The van der Waals surface area contributed by atoms with Crippen LogP contribution in [0.5, 0.6) is 11.5 Å². The van der Waals surface area contributed by atoms with Gasteiger partial charge in [0.15, 0.2) is 11.5 Å². The van der Waals surface area contributed by atoms with Gasteiger partial charge in [0.25, 0.3) is 0 Å². The molecule has 3 rings (SSSR count). The molecule has 0 spiro atoms. The maximum absolute atomic E-state index is 12.2. The van der Waals surface area contributed by atoms with Crippen molar-refractivity contribution in [1.82, 2.24) is 5.01 Å². The second-order valence-electron chi connectivity index (χ2n) is 6.45. The highest BCUT2D eigenvalue weighted by atomic mass is 32.2. The Morgan fingerprint density at radius 2 is 1.96 bits per heavy atom. The van der Waals surface area contributed by atoms with E-state index in [0.29, 0.717) is 34.7 Å². The Labute approximate surface area is 163 Å². The van der Waals surface area contributed by atoms with E-state index < -0.39 is 16.1 Å². The minimum absolute atomic E-state index is 0.0598. The predicted molar refractivity (Wildman–Crippen MR) is 106 cm³/mol. The lowest BCUT2D eigenvalue weighted by Crippen LogP contribution is -2.25. The number of ether oxygens (including phenoxy) is 1. The number of methoxy groups -OCH3 is 1. The summed E-state index contributed by atoms with van der Waals surface area (Å²) in [5.74, 6) is -0.0517. The van der Waals surface area contributed by atoms with Crippen LogP contribution in [0.3, 0.4) is 0 Å². The predicted octanol–water partition coefficient (Wildman–Crippen LogP) is 2.47. The Balaban J connectivity index is 2.03. The van der Waals surface area contributed by atoms with Crippen LogP contribution < -0.4 is 9.46 Å². The fraction of sp³-hybridized carbons (Fsp3) is 0.263. The summed E-state index contributed by atoms with van der Waals surface area (Å²) < 4.78 is 31.1. The Morgan fingerprint density at radius 1 is 1.25 bits per heavy atom. The lowest BCUT2D eigenvalue weighted by Gasteiger charge is -2.23. The molecule has 2 N–H and O–H groups in total. The normalized spacial score (nSPS) is 16.6. The third kappa shape index (κ3) is 3.94. The molecule has 0 bridgehead atoms. The molecule has 9 heteroatoms. The lowest BCUT2D eigenvalue weighted by molar-refractivity contribution is -0.130. The van der Waals surface area contributed by atoms with Gasteiger partial charge in [0.2, 0.25) is 15.9 Å². The monoisotopic (exact) mass is 403 g/mol. The number of rotatable bonds is 5. The van der Waals surface area contributed by atoms with E-state index >= 15 is 0 Å². The molecule has 0 radical (unpaired) electrons. The van der Waals surface area contributed by atoms with E-state index in [9.17, 15) is 18.3 Å². The largest absolute Gasteiger partial charge is 0.504 e. The average Bonchev–Trinajstić information content (AvgIpc) is 3.06. The van der Waals surface area contributed by atoms with Crippen LogP contribution in [-0.2, 0) is 14.8 Å². The molecule has 28 heavy (non-hydrogen) atoms. The number of nitrogens with zero attached hydrogens (tertiary/aromatic N) is 2. The van der Waals surface area contributed by atoms with E-state index in [1.165, 1.54) is 19.0 Å². The van der Waals surface area contributed by atoms with Crippen LogP contribution in [0.2, 0.25) is 0 Å². The number of hydrazone groups is 1. The van der Waals surface area contributed by atoms with Crippen molar-refractivity contribution in [3.63, 3.8) is 0 Å². The van der Waals surface area contributed by atoms with Crippen molar-refractivity contribution in [2.24, 2.45) is 5.10 Å². The average molecular weight is 403 g/mol. The smallest absolute Gasteiger partial charge is 0.240 e. The highest BCUT2D eigenvalue weighted by Gasteiger charge is 2.34. The van der Waals surface area contributed by atoms with Crippen LogP contribution in [0.25, 0.3) is 0 Å². The van der Waals surface area contributed by atoms with Crippen LogP contribution in [0.4, 0.5) is 5.69 Å². The molecule has 0 fully saturated rings. The fourth-order valence-electron chi connectivity index (χ4n) is 3.21. The van der Waals surface area contributed by atoms with Crippen LogP contribution >= 0.6 is 0 Å². The number of carbonyl (C=O) groups is 1. The maximum Gasteiger partial charge on any atom is 0.240 e. The lowest BCUT2D eigenvalue weighted by atomic mass is 9.96. The summed E-state index contributed by atoms with van der Waals surface area (Å²) in [5.41, 5.74) is 1.96. The summed E-state index contributed by atoms with van der Waals surface area (Å²) >= 11 is 0. The molecule has 0 saturated heterocycles. The molecule has 1 amide bonds. The fourth-order valence-corrected chi connectivity index (χ4v) is 3.79. The summed E-state index contributed by atoms with van der Waals surface area (Å²) in [6.07, 6.45) is 1.38. The molecule has 8 nitrogen and oxygen atoms in total. The number of aromatic hydroxyl groups is 1. The summed E-state index contributed by atoms with van der Waals surface area (Å²) in [7, 11) is -2.04. The standard InChI is InChI=1S/C19H21N3O5S/c1-12(23)22-17(13-7-4-5-9-15(13)21-28(3,25)26)11-16(20-22)14-8-6-10-18(27-2)19(14)24/h4-10,17,21,24H,11H2,1-3H3/t17-/m1/s1. The second-order valence-corrected chi connectivity index (χ2v) is 8.20. The van der Waals surface area contributed by atoms with Gasteiger partial charge in [-0.1, -0.05) is 24.3 Å². The molecule has 1 atom stereocenters. The first-order valence-corrected chi connectivity index (χ1v) is 10.4. The number of sulfonamides is 1.